The van der Waals surface area contributed by atoms with Crippen LogP contribution in [0.2, 0.25) is 0 Å². The maximum absolute atomic E-state index is 12.6. The zero-order valence-electron chi connectivity index (χ0n) is 13.2. The van der Waals surface area contributed by atoms with Crippen LogP contribution in [0.5, 0.6) is 5.75 Å². The minimum absolute atomic E-state index is 0.178. The number of piperidine rings is 1. The topological polar surface area (TPSA) is 93.1 Å². The molecule has 7 nitrogen and oxygen atoms in total. The molecule has 23 heavy (non-hydrogen) atoms. The molecule has 0 saturated carbocycles. The summed E-state index contributed by atoms with van der Waals surface area (Å²) in [6.07, 6.45) is 0.453. The number of hydrogen-bond donors (Lipinski definition) is 1. The zero-order chi connectivity index (χ0) is 17.0. The number of methoxy groups -OCH3 is 1. The molecular weight excluding hydrogens is 322 g/mol. The molecule has 8 heteroatoms. The molecule has 1 fully saturated rings. The summed E-state index contributed by atoms with van der Waals surface area (Å²) in [5, 5.41) is 9.49. The van der Waals surface area contributed by atoms with Gasteiger partial charge in [0.05, 0.1) is 18.1 Å². The molecule has 1 aliphatic heterocycles. The Hall–Kier alpha value is -1.64. The number of sulfonamides is 1. The van der Waals surface area contributed by atoms with Gasteiger partial charge in [0, 0.05) is 13.1 Å². The molecule has 1 aromatic carbocycles. The third-order valence-corrected chi connectivity index (χ3v) is 5.68. The van der Waals surface area contributed by atoms with Gasteiger partial charge in [-0.3, -0.25) is 0 Å². The Labute approximate surface area is 135 Å². The van der Waals surface area contributed by atoms with Crippen molar-refractivity contribution in [1.29, 1.82) is 0 Å². The Morgan fingerprint density at radius 1 is 1.35 bits per heavy atom. The maximum atomic E-state index is 12.6. The first kappa shape index (κ1) is 17.7. The average Bonchev–Trinajstić information content (AvgIpc) is 2.53. The molecule has 128 valence electrons. The fourth-order valence-corrected chi connectivity index (χ4v) is 3.93. The van der Waals surface area contributed by atoms with Crippen LogP contribution in [0.25, 0.3) is 0 Å². The van der Waals surface area contributed by atoms with Crippen LogP contribution in [-0.4, -0.2) is 56.7 Å². The van der Waals surface area contributed by atoms with Crippen molar-refractivity contribution in [2.45, 2.75) is 30.8 Å². The van der Waals surface area contributed by atoms with Crippen molar-refractivity contribution >= 4 is 16.0 Å². The number of carbonyl (C=O) groups excluding carboxylic acids is 1. The number of benzene rings is 1. The largest absolute Gasteiger partial charge is 0.482 e. The molecule has 1 aromatic rings. The van der Waals surface area contributed by atoms with Crippen molar-refractivity contribution in [2.24, 2.45) is 0 Å². The summed E-state index contributed by atoms with van der Waals surface area (Å²) in [5.74, 6) is -0.0728. The highest BCUT2D eigenvalue weighted by Gasteiger charge is 2.29. The van der Waals surface area contributed by atoms with Gasteiger partial charge in [0.2, 0.25) is 10.0 Å². The Kier molecular flexibility index (Phi) is 5.61. The van der Waals surface area contributed by atoms with Crippen LogP contribution >= 0.6 is 0 Å². The van der Waals surface area contributed by atoms with Gasteiger partial charge in [0.15, 0.2) is 6.61 Å². The van der Waals surface area contributed by atoms with E-state index in [9.17, 15) is 18.3 Å². The highest BCUT2D eigenvalue weighted by Crippen LogP contribution is 2.26. The predicted octanol–water partition coefficient (Wildman–Crippen LogP) is 0.692. The molecule has 0 spiro atoms. The van der Waals surface area contributed by atoms with Gasteiger partial charge in [-0.15, -0.1) is 0 Å². The lowest BCUT2D eigenvalue weighted by molar-refractivity contribution is -0.142. The number of hydrogen-bond acceptors (Lipinski definition) is 6. The molecule has 0 amide bonds. The maximum Gasteiger partial charge on any atom is 0.343 e. The van der Waals surface area contributed by atoms with E-state index in [0.717, 1.165) is 0 Å². The lowest BCUT2D eigenvalue weighted by atomic mass is 10.1. The highest BCUT2D eigenvalue weighted by molar-refractivity contribution is 7.89. The van der Waals surface area contributed by atoms with E-state index >= 15 is 0 Å². The monoisotopic (exact) mass is 343 g/mol. The number of nitrogens with zero attached hydrogens (tertiary/aromatic N) is 1. The minimum atomic E-state index is -3.59. The molecule has 0 bridgehead atoms. The van der Waals surface area contributed by atoms with Gasteiger partial charge in [-0.25, -0.2) is 13.2 Å². The number of aliphatic hydroxyl groups excluding tert-OH is 1. The van der Waals surface area contributed by atoms with Crippen LogP contribution in [0.4, 0.5) is 0 Å². The lowest BCUT2D eigenvalue weighted by Gasteiger charge is -2.28. The van der Waals surface area contributed by atoms with E-state index < -0.39 is 22.1 Å². The second kappa shape index (κ2) is 7.29. The zero-order valence-corrected chi connectivity index (χ0v) is 14.0. The van der Waals surface area contributed by atoms with Crippen molar-refractivity contribution in [3.05, 3.63) is 23.8 Å². The normalized spacial score (nSPS) is 17.0. The van der Waals surface area contributed by atoms with Crippen LogP contribution in [0.1, 0.15) is 18.4 Å². The van der Waals surface area contributed by atoms with Gasteiger partial charge in [-0.05, 0) is 43.5 Å². The predicted molar refractivity (Wildman–Crippen MR) is 82.7 cm³/mol. The number of aryl methyl sites for hydroxylation is 1. The summed E-state index contributed by atoms with van der Waals surface area (Å²) >= 11 is 0. The Morgan fingerprint density at radius 3 is 2.57 bits per heavy atom. The third kappa shape index (κ3) is 4.21. The van der Waals surface area contributed by atoms with Crippen LogP contribution in [0.15, 0.2) is 23.1 Å². The van der Waals surface area contributed by atoms with Gasteiger partial charge < -0.3 is 14.6 Å². The van der Waals surface area contributed by atoms with Crippen LogP contribution in [0, 0.1) is 6.92 Å². The average molecular weight is 343 g/mol. The number of carbonyl (C=O) groups is 1. The standard InChI is InChI=1S/C15H21NO6S/c1-11-9-13(3-4-14(11)22-10-15(18)21-2)23(19,20)16-7-5-12(17)6-8-16/h3-4,9,12,17H,5-8,10H2,1-2H3. The fourth-order valence-electron chi connectivity index (χ4n) is 2.37. The molecule has 0 unspecified atom stereocenters. The van der Waals surface area contributed by atoms with Crippen molar-refractivity contribution in [3.8, 4) is 5.75 Å². The van der Waals surface area contributed by atoms with Gasteiger partial charge in [-0.1, -0.05) is 0 Å². The van der Waals surface area contributed by atoms with E-state index in [1.807, 2.05) is 0 Å². The molecule has 1 N–H and O–H groups in total. The van der Waals surface area contributed by atoms with Gasteiger partial charge in [0.1, 0.15) is 5.75 Å². The molecular formula is C15H21NO6S. The fraction of sp³-hybridized carbons (Fsp3) is 0.533. The highest BCUT2D eigenvalue weighted by atomic mass is 32.2. The number of rotatable bonds is 5. The van der Waals surface area contributed by atoms with Crippen molar-refractivity contribution < 1.29 is 27.8 Å². The molecule has 0 radical (unpaired) electrons. The molecule has 1 saturated heterocycles. The van der Waals surface area contributed by atoms with Crippen LogP contribution in [-0.2, 0) is 19.6 Å². The lowest BCUT2D eigenvalue weighted by Crippen LogP contribution is -2.40. The number of aliphatic hydroxyl groups is 1. The summed E-state index contributed by atoms with van der Waals surface area (Å²) in [4.78, 5) is 11.3. The van der Waals surface area contributed by atoms with E-state index in [2.05, 4.69) is 4.74 Å². The van der Waals surface area contributed by atoms with Crippen LogP contribution in [0.3, 0.4) is 0 Å². The first-order valence-electron chi connectivity index (χ1n) is 7.33. The Morgan fingerprint density at radius 2 is 2.00 bits per heavy atom. The second-order valence-corrected chi connectivity index (χ2v) is 7.37. The molecule has 1 aliphatic rings. The van der Waals surface area contributed by atoms with Crippen molar-refractivity contribution in [3.63, 3.8) is 0 Å². The van der Waals surface area contributed by atoms with E-state index in [1.54, 1.807) is 6.92 Å². The molecule has 1 heterocycles. The third-order valence-electron chi connectivity index (χ3n) is 3.78. The van der Waals surface area contributed by atoms with Gasteiger partial charge >= 0.3 is 5.97 Å². The second-order valence-electron chi connectivity index (χ2n) is 5.43. The van der Waals surface area contributed by atoms with Gasteiger partial charge in [-0.2, -0.15) is 4.31 Å². The minimum Gasteiger partial charge on any atom is -0.482 e. The Balaban J connectivity index is 2.14. The van der Waals surface area contributed by atoms with E-state index in [0.29, 0.717) is 37.2 Å². The van der Waals surface area contributed by atoms with Crippen LogP contribution < -0.4 is 4.74 Å². The summed E-state index contributed by atoms with van der Waals surface area (Å²) < 4.78 is 36.4. The van der Waals surface area contributed by atoms with Crippen molar-refractivity contribution in [1.82, 2.24) is 4.31 Å². The van der Waals surface area contributed by atoms with E-state index in [1.165, 1.54) is 29.6 Å². The first-order valence-corrected chi connectivity index (χ1v) is 8.77. The summed E-state index contributed by atoms with van der Waals surface area (Å²) in [6.45, 7) is 2.10. The van der Waals surface area contributed by atoms with Crippen molar-refractivity contribution in [2.75, 3.05) is 26.8 Å². The number of esters is 1. The quantitative estimate of drug-likeness (QED) is 0.791. The summed E-state index contributed by atoms with van der Waals surface area (Å²) in [5.41, 5.74) is 0.618. The summed E-state index contributed by atoms with van der Waals surface area (Å²) in [6, 6.07) is 4.51. The van der Waals surface area contributed by atoms with Gasteiger partial charge in [0.25, 0.3) is 0 Å². The molecule has 0 atom stereocenters. The SMILES string of the molecule is COC(=O)COc1ccc(S(=O)(=O)N2CCC(O)CC2)cc1C. The van der Waals surface area contributed by atoms with E-state index in [4.69, 9.17) is 4.74 Å². The first-order chi connectivity index (χ1) is 10.8. The molecule has 2 rings (SSSR count). The summed E-state index contributed by atoms with van der Waals surface area (Å²) in [7, 11) is -2.32. The smallest absolute Gasteiger partial charge is 0.343 e. The molecule has 0 aromatic heterocycles. The van der Waals surface area contributed by atoms with E-state index in [-0.39, 0.29) is 11.5 Å². The Bertz CT molecular complexity index is 665. The number of ether oxygens (including phenoxy) is 2. The molecule has 0 aliphatic carbocycles.